The Morgan fingerprint density at radius 3 is 3.00 bits per heavy atom. The molecule has 0 spiro atoms. The van der Waals surface area contributed by atoms with E-state index in [1.54, 1.807) is 4.90 Å². The van der Waals surface area contributed by atoms with E-state index in [0.717, 1.165) is 38.4 Å². The van der Waals surface area contributed by atoms with Crippen molar-refractivity contribution in [3.8, 4) is 5.75 Å². The van der Waals surface area contributed by atoms with E-state index >= 15 is 0 Å². The van der Waals surface area contributed by atoms with Crippen molar-refractivity contribution >= 4 is 5.91 Å². The molecule has 0 bridgehead atoms. The molecule has 18 heavy (non-hydrogen) atoms. The van der Waals surface area contributed by atoms with E-state index in [-0.39, 0.29) is 17.2 Å². The third-order valence-electron chi connectivity index (χ3n) is 3.46. The summed E-state index contributed by atoms with van der Waals surface area (Å²) in [7, 11) is 0. The number of likely N-dealkylation sites (tertiary alicyclic amines) is 1. The summed E-state index contributed by atoms with van der Waals surface area (Å²) in [5.41, 5.74) is 0.188. The SMILES string of the molecule is CCCC1CCN(C(=O)c2ccc(F)cc2O)C1. The Morgan fingerprint density at radius 1 is 1.56 bits per heavy atom. The van der Waals surface area contributed by atoms with Crippen LogP contribution in [-0.4, -0.2) is 29.0 Å². The summed E-state index contributed by atoms with van der Waals surface area (Å²) in [6.07, 6.45) is 3.26. The molecule has 0 saturated carbocycles. The average Bonchev–Trinajstić information content (AvgIpc) is 2.77. The molecule has 0 radical (unpaired) electrons. The second-order valence-electron chi connectivity index (χ2n) is 4.86. The van der Waals surface area contributed by atoms with E-state index < -0.39 is 5.82 Å². The van der Waals surface area contributed by atoms with Crippen LogP contribution in [-0.2, 0) is 0 Å². The first-order valence-electron chi connectivity index (χ1n) is 6.39. The number of amides is 1. The predicted octanol–water partition coefficient (Wildman–Crippen LogP) is 2.79. The Bertz CT molecular complexity index is 447. The quantitative estimate of drug-likeness (QED) is 0.897. The number of halogens is 1. The van der Waals surface area contributed by atoms with Gasteiger partial charge in [0.15, 0.2) is 0 Å². The second kappa shape index (κ2) is 5.38. The van der Waals surface area contributed by atoms with Crippen molar-refractivity contribution in [3.63, 3.8) is 0 Å². The van der Waals surface area contributed by atoms with Gasteiger partial charge in [0, 0.05) is 19.2 Å². The fourth-order valence-electron chi connectivity index (χ4n) is 2.52. The van der Waals surface area contributed by atoms with Gasteiger partial charge < -0.3 is 10.0 Å². The molecule has 98 valence electrons. The van der Waals surface area contributed by atoms with Crippen LogP contribution in [0.5, 0.6) is 5.75 Å². The van der Waals surface area contributed by atoms with Gasteiger partial charge in [-0.3, -0.25) is 4.79 Å². The van der Waals surface area contributed by atoms with Crippen LogP contribution < -0.4 is 0 Å². The van der Waals surface area contributed by atoms with E-state index in [1.165, 1.54) is 12.1 Å². The van der Waals surface area contributed by atoms with Crippen molar-refractivity contribution in [2.75, 3.05) is 13.1 Å². The summed E-state index contributed by atoms with van der Waals surface area (Å²) in [5, 5.41) is 9.60. The molecule has 1 fully saturated rings. The number of hydrogen-bond acceptors (Lipinski definition) is 2. The molecule has 2 rings (SSSR count). The zero-order valence-electron chi connectivity index (χ0n) is 10.5. The number of phenols is 1. The van der Waals surface area contributed by atoms with Gasteiger partial charge in [0.25, 0.3) is 5.91 Å². The highest BCUT2D eigenvalue weighted by molar-refractivity contribution is 5.96. The normalized spacial score (nSPS) is 19.2. The molecule has 1 saturated heterocycles. The molecule has 1 aliphatic rings. The molecule has 0 aliphatic carbocycles. The minimum atomic E-state index is -0.533. The van der Waals surface area contributed by atoms with Crippen LogP contribution in [0.1, 0.15) is 36.5 Å². The Morgan fingerprint density at radius 2 is 2.33 bits per heavy atom. The van der Waals surface area contributed by atoms with Crippen LogP contribution in [0.2, 0.25) is 0 Å². The van der Waals surface area contributed by atoms with E-state index in [4.69, 9.17) is 0 Å². The van der Waals surface area contributed by atoms with Crippen LogP contribution >= 0.6 is 0 Å². The molecule has 1 aromatic rings. The minimum absolute atomic E-state index is 0.188. The van der Waals surface area contributed by atoms with Crippen LogP contribution in [0, 0.1) is 11.7 Å². The first-order valence-corrected chi connectivity index (χ1v) is 6.39. The number of phenolic OH excluding ortho intramolecular Hbond substituents is 1. The fraction of sp³-hybridized carbons (Fsp3) is 0.500. The summed E-state index contributed by atoms with van der Waals surface area (Å²) in [5.74, 6) is -0.457. The van der Waals surface area contributed by atoms with E-state index in [9.17, 15) is 14.3 Å². The number of aromatic hydroxyl groups is 1. The van der Waals surface area contributed by atoms with Crippen LogP contribution in [0.3, 0.4) is 0 Å². The van der Waals surface area contributed by atoms with Gasteiger partial charge in [-0.2, -0.15) is 0 Å². The molecule has 1 atom stereocenters. The summed E-state index contributed by atoms with van der Waals surface area (Å²) < 4.78 is 12.9. The average molecular weight is 251 g/mol. The molecule has 1 N–H and O–H groups in total. The van der Waals surface area contributed by atoms with Crippen molar-refractivity contribution in [2.45, 2.75) is 26.2 Å². The molecule has 1 heterocycles. The first-order chi connectivity index (χ1) is 8.61. The maximum atomic E-state index is 12.9. The van der Waals surface area contributed by atoms with Crippen LogP contribution in [0.15, 0.2) is 18.2 Å². The number of benzene rings is 1. The molecular weight excluding hydrogens is 233 g/mol. The molecule has 4 heteroatoms. The summed E-state index contributed by atoms with van der Waals surface area (Å²) in [6, 6.07) is 3.53. The van der Waals surface area contributed by atoms with Gasteiger partial charge in [-0.05, 0) is 30.9 Å². The summed E-state index contributed by atoms with van der Waals surface area (Å²) in [4.78, 5) is 13.9. The predicted molar refractivity (Wildman–Crippen MR) is 67.0 cm³/mol. The molecule has 1 unspecified atom stereocenters. The maximum absolute atomic E-state index is 12.9. The van der Waals surface area contributed by atoms with Gasteiger partial charge in [-0.25, -0.2) is 4.39 Å². The lowest BCUT2D eigenvalue weighted by Crippen LogP contribution is -2.28. The van der Waals surface area contributed by atoms with Gasteiger partial charge in [-0.1, -0.05) is 13.3 Å². The van der Waals surface area contributed by atoms with Gasteiger partial charge in [0.1, 0.15) is 11.6 Å². The second-order valence-corrected chi connectivity index (χ2v) is 4.86. The van der Waals surface area contributed by atoms with Gasteiger partial charge >= 0.3 is 0 Å². The molecule has 1 aromatic carbocycles. The standard InChI is InChI=1S/C14H18FNO2/c1-2-3-10-6-7-16(9-10)14(18)12-5-4-11(15)8-13(12)17/h4-5,8,10,17H,2-3,6-7,9H2,1H3. The third kappa shape index (κ3) is 2.63. The number of carbonyl (C=O) groups excluding carboxylic acids is 1. The largest absolute Gasteiger partial charge is 0.507 e. The Kier molecular flexibility index (Phi) is 3.84. The van der Waals surface area contributed by atoms with Gasteiger partial charge in [0.2, 0.25) is 0 Å². The molecule has 3 nitrogen and oxygen atoms in total. The Hall–Kier alpha value is -1.58. The fourth-order valence-corrected chi connectivity index (χ4v) is 2.52. The van der Waals surface area contributed by atoms with Crippen LogP contribution in [0.25, 0.3) is 0 Å². The van der Waals surface area contributed by atoms with E-state index in [2.05, 4.69) is 6.92 Å². The zero-order chi connectivity index (χ0) is 13.1. The van der Waals surface area contributed by atoms with Gasteiger partial charge in [-0.15, -0.1) is 0 Å². The number of nitrogens with zero attached hydrogens (tertiary/aromatic N) is 1. The van der Waals surface area contributed by atoms with Crippen molar-refractivity contribution in [1.82, 2.24) is 4.90 Å². The monoisotopic (exact) mass is 251 g/mol. The number of rotatable bonds is 3. The van der Waals surface area contributed by atoms with Crippen molar-refractivity contribution in [3.05, 3.63) is 29.6 Å². The minimum Gasteiger partial charge on any atom is -0.507 e. The molecule has 1 aliphatic heterocycles. The lowest BCUT2D eigenvalue weighted by atomic mass is 10.0. The summed E-state index contributed by atoms with van der Waals surface area (Å²) in [6.45, 7) is 3.60. The topological polar surface area (TPSA) is 40.5 Å². The molecular formula is C14H18FNO2. The molecule has 0 aromatic heterocycles. The van der Waals surface area contributed by atoms with Crippen molar-refractivity contribution in [1.29, 1.82) is 0 Å². The highest BCUT2D eigenvalue weighted by atomic mass is 19.1. The maximum Gasteiger partial charge on any atom is 0.257 e. The first kappa shape index (κ1) is 12.9. The van der Waals surface area contributed by atoms with Crippen molar-refractivity contribution in [2.24, 2.45) is 5.92 Å². The van der Waals surface area contributed by atoms with Crippen molar-refractivity contribution < 1.29 is 14.3 Å². The highest BCUT2D eigenvalue weighted by Gasteiger charge is 2.27. The number of carbonyl (C=O) groups is 1. The Balaban J connectivity index is 2.08. The third-order valence-corrected chi connectivity index (χ3v) is 3.46. The lowest BCUT2D eigenvalue weighted by molar-refractivity contribution is 0.0783. The van der Waals surface area contributed by atoms with E-state index in [0.29, 0.717) is 5.92 Å². The van der Waals surface area contributed by atoms with Crippen LogP contribution in [0.4, 0.5) is 4.39 Å². The Labute approximate surface area is 106 Å². The zero-order valence-corrected chi connectivity index (χ0v) is 10.5. The number of hydrogen-bond donors (Lipinski definition) is 1. The smallest absolute Gasteiger partial charge is 0.257 e. The summed E-state index contributed by atoms with van der Waals surface area (Å²) >= 11 is 0. The highest BCUT2D eigenvalue weighted by Crippen LogP contribution is 2.25. The van der Waals surface area contributed by atoms with E-state index in [1.807, 2.05) is 0 Å². The molecule has 1 amide bonds. The lowest BCUT2D eigenvalue weighted by Gasteiger charge is -2.17. The van der Waals surface area contributed by atoms with Gasteiger partial charge in [0.05, 0.1) is 5.56 Å².